The number of aryl methyl sites for hydroxylation is 1. The molecule has 0 bridgehead atoms. The molecule has 4 aromatic rings. The van der Waals surface area contributed by atoms with Crippen LogP contribution in [0.5, 0.6) is 0 Å². The molecule has 3 heterocycles. The smallest absolute Gasteiger partial charge is 0.336 e. The van der Waals surface area contributed by atoms with Gasteiger partial charge in [-0.25, -0.2) is 22.7 Å². The van der Waals surface area contributed by atoms with E-state index in [2.05, 4.69) is 5.10 Å². The molecule has 10 heteroatoms. The molecule has 0 saturated carbocycles. The van der Waals surface area contributed by atoms with Crippen LogP contribution in [0.3, 0.4) is 0 Å². The van der Waals surface area contributed by atoms with Gasteiger partial charge in [0, 0.05) is 28.7 Å². The van der Waals surface area contributed by atoms with E-state index in [1.807, 2.05) is 30.3 Å². The normalized spacial score (nSPS) is 17.5. The molecule has 0 amide bonds. The lowest BCUT2D eigenvalue weighted by Gasteiger charge is -2.09. The average Bonchev–Trinajstić information content (AvgIpc) is 3.33. The van der Waals surface area contributed by atoms with E-state index in [9.17, 15) is 18.0 Å². The number of halogens is 1. The van der Waals surface area contributed by atoms with Crippen LogP contribution >= 0.6 is 11.6 Å². The fourth-order valence-electron chi connectivity index (χ4n) is 4.41. The van der Waals surface area contributed by atoms with Crippen molar-refractivity contribution in [3.63, 3.8) is 0 Å². The van der Waals surface area contributed by atoms with Crippen molar-refractivity contribution < 1.29 is 22.4 Å². The molecule has 0 aliphatic carbocycles. The molecule has 0 unspecified atom stereocenters. The fourth-order valence-corrected chi connectivity index (χ4v) is 6.48. The topological polar surface area (TPSA) is 108 Å². The monoisotopic (exact) mass is 512 g/mol. The third-order valence-electron chi connectivity index (χ3n) is 6.10. The number of ether oxygens (including phenoxy) is 1. The zero-order valence-corrected chi connectivity index (χ0v) is 20.3. The van der Waals surface area contributed by atoms with Crippen LogP contribution in [0.2, 0.25) is 5.15 Å². The molecule has 8 nitrogen and oxygen atoms in total. The molecular weight excluding hydrogens is 492 g/mol. The summed E-state index contributed by atoms with van der Waals surface area (Å²) >= 11 is 6.45. The molecular formula is C25H21ClN2O6S. The van der Waals surface area contributed by atoms with Crippen molar-refractivity contribution in [3.8, 4) is 0 Å². The Bertz CT molecular complexity index is 1670. The quantitative estimate of drug-likeness (QED) is 0.170. The summed E-state index contributed by atoms with van der Waals surface area (Å²) in [4.78, 5) is 24.5. The van der Waals surface area contributed by atoms with Gasteiger partial charge in [0.25, 0.3) is 0 Å². The first-order valence-electron chi connectivity index (χ1n) is 11.0. The number of carbonyl (C=O) groups excluding carboxylic acids is 1. The van der Waals surface area contributed by atoms with Gasteiger partial charge in [0.05, 0.1) is 23.2 Å². The average molecular weight is 513 g/mol. The predicted octanol–water partition coefficient (Wildman–Crippen LogP) is 4.22. The molecule has 0 N–H and O–H groups in total. The Morgan fingerprint density at radius 3 is 2.86 bits per heavy atom. The fraction of sp³-hybridized carbons (Fsp3) is 0.240. The number of rotatable bonds is 5. The van der Waals surface area contributed by atoms with E-state index in [0.29, 0.717) is 34.2 Å². The Balaban J connectivity index is 1.36. The van der Waals surface area contributed by atoms with Crippen LogP contribution in [0, 0.1) is 6.92 Å². The molecule has 1 fully saturated rings. The summed E-state index contributed by atoms with van der Waals surface area (Å²) in [7, 11) is -3.10. The van der Waals surface area contributed by atoms with E-state index >= 15 is 0 Å². The summed E-state index contributed by atoms with van der Waals surface area (Å²) < 4.78 is 35.9. The van der Waals surface area contributed by atoms with Crippen molar-refractivity contribution in [2.75, 3.05) is 11.5 Å². The minimum atomic E-state index is -3.10. The van der Waals surface area contributed by atoms with Crippen LogP contribution in [0.1, 0.15) is 29.3 Å². The van der Waals surface area contributed by atoms with Crippen LogP contribution in [-0.2, 0) is 26.0 Å². The summed E-state index contributed by atoms with van der Waals surface area (Å²) in [6, 6.07) is 12.3. The molecule has 0 spiro atoms. The molecule has 1 saturated heterocycles. The van der Waals surface area contributed by atoms with Crippen LogP contribution < -0.4 is 5.63 Å². The number of aromatic nitrogens is 2. The van der Waals surface area contributed by atoms with Gasteiger partial charge in [0.1, 0.15) is 17.3 Å². The lowest BCUT2D eigenvalue weighted by Crippen LogP contribution is -2.12. The summed E-state index contributed by atoms with van der Waals surface area (Å²) in [5, 5.41) is 7.22. The van der Waals surface area contributed by atoms with E-state index in [1.54, 1.807) is 13.0 Å². The molecule has 5 rings (SSSR count). The molecule has 2 aromatic carbocycles. The first kappa shape index (κ1) is 23.3. The van der Waals surface area contributed by atoms with Crippen molar-refractivity contribution >= 4 is 55.2 Å². The summed E-state index contributed by atoms with van der Waals surface area (Å²) in [6.07, 6.45) is 3.18. The second kappa shape index (κ2) is 8.98. The van der Waals surface area contributed by atoms with Crippen molar-refractivity contribution in [1.82, 2.24) is 9.78 Å². The Hall–Kier alpha value is -3.43. The van der Waals surface area contributed by atoms with Crippen molar-refractivity contribution in [2.45, 2.75) is 26.0 Å². The van der Waals surface area contributed by atoms with Gasteiger partial charge in [0.2, 0.25) is 0 Å². The number of hydrogen-bond acceptors (Lipinski definition) is 7. The maximum Gasteiger partial charge on any atom is 0.336 e. The molecule has 2 aromatic heterocycles. The van der Waals surface area contributed by atoms with Gasteiger partial charge >= 0.3 is 11.6 Å². The molecule has 1 atom stereocenters. The standard InChI is InChI=1S/C25H21ClN2O6S/c1-15-19(25(26)28(27-15)18-10-11-35(31,32)14-18)7-9-22(29)33-13-17-12-23(30)34-21-8-6-16-4-2-3-5-20(16)24(17)21/h2-9,12,18H,10-11,13-14H2,1H3/b9-7+/t18-/m1/s1. The van der Waals surface area contributed by atoms with Gasteiger partial charge in [-0.2, -0.15) is 5.10 Å². The summed E-state index contributed by atoms with van der Waals surface area (Å²) in [5.41, 5.74) is 1.52. The third-order valence-corrected chi connectivity index (χ3v) is 8.22. The van der Waals surface area contributed by atoms with Gasteiger partial charge in [-0.3, -0.25) is 0 Å². The van der Waals surface area contributed by atoms with Gasteiger partial charge < -0.3 is 9.15 Å². The number of carbonyl (C=O) groups is 1. The second-order valence-corrected chi connectivity index (χ2v) is 11.1. The van der Waals surface area contributed by atoms with E-state index < -0.39 is 21.4 Å². The zero-order valence-electron chi connectivity index (χ0n) is 18.7. The van der Waals surface area contributed by atoms with Gasteiger partial charge in [0.15, 0.2) is 9.84 Å². The van der Waals surface area contributed by atoms with Crippen molar-refractivity contribution in [3.05, 3.63) is 80.9 Å². The number of nitrogens with zero attached hydrogens (tertiary/aromatic N) is 2. The molecule has 180 valence electrons. The van der Waals surface area contributed by atoms with Gasteiger partial charge in [-0.1, -0.05) is 41.9 Å². The first-order valence-corrected chi connectivity index (χ1v) is 13.2. The van der Waals surface area contributed by atoms with Gasteiger partial charge in [-0.15, -0.1) is 0 Å². The zero-order chi connectivity index (χ0) is 24.7. The molecule has 35 heavy (non-hydrogen) atoms. The Morgan fingerprint density at radius 2 is 2.09 bits per heavy atom. The molecule has 1 aliphatic rings. The Kier molecular flexibility index (Phi) is 5.98. The lowest BCUT2D eigenvalue weighted by atomic mass is 10.0. The van der Waals surface area contributed by atoms with E-state index in [-0.39, 0.29) is 29.3 Å². The number of hydrogen-bond donors (Lipinski definition) is 0. The molecule has 1 aliphatic heterocycles. The maximum absolute atomic E-state index is 12.5. The number of fused-ring (bicyclic) bond motifs is 3. The number of esters is 1. The maximum atomic E-state index is 12.5. The minimum Gasteiger partial charge on any atom is -0.458 e. The summed E-state index contributed by atoms with van der Waals surface area (Å²) in [5.74, 6) is -0.530. The van der Waals surface area contributed by atoms with Crippen LogP contribution in [-0.4, -0.2) is 35.7 Å². The number of sulfone groups is 1. The highest BCUT2D eigenvalue weighted by Gasteiger charge is 2.31. The van der Waals surface area contributed by atoms with E-state index in [4.69, 9.17) is 20.8 Å². The SMILES string of the molecule is Cc1nn([C@@H]2CCS(=O)(=O)C2)c(Cl)c1/C=C/C(=O)OCc1cc(=O)oc2ccc3ccccc3c12. The van der Waals surface area contributed by atoms with Crippen LogP contribution in [0.25, 0.3) is 27.8 Å². The van der Waals surface area contributed by atoms with Crippen molar-refractivity contribution in [1.29, 1.82) is 0 Å². The Labute approximate surface area is 205 Å². The van der Waals surface area contributed by atoms with Crippen LogP contribution in [0.15, 0.2) is 57.8 Å². The highest BCUT2D eigenvalue weighted by Crippen LogP contribution is 2.31. The Morgan fingerprint density at radius 1 is 1.29 bits per heavy atom. The second-order valence-electron chi connectivity index (χ2n) is 8.48. The van der Waals surface area contributed by atoms with Crippen LogP contribution in [0.4, 0.5) is 0 Å². The predicted molar refractivity (Wildman–Crippen MR) is 133 cm³/mol. The van der Waals surface area contributed by atoms with E-state index in [0.717, 1.165) is 10.8 Å². The summed E-state index contributed by atoms with van der Waals surface area (Å²) in [6.45, 7) is 1.61. The minimum absolute atomic E-state index is 0.00720. The van der Waals surface area contributed by atoms with Crippen molar-refractivity contribution in [2.24, 2.45) is 0 Å². The lowest BCUT2D eigenvalue weighted by molar-refractivity contribution is -0.138. The van der Waals surface area contributed by atoms with E-state index in [1.165, 1.54) is 22.9 Å². The molecule has 0 radical (unpaired) electrons. The highest BCUT2D eigenvalue weighted by atomic mass is 35.5. The van der Waals surface area contributed by atoms with Gasteiger partial charge in [-0.05, 0) is 36.3 Å². The number of benzene rings is 2. The largest absolute Gasteiger partial charge is 0.458 e. The third kappa shape index (κ3) is 4.61. The highest BCUT2D eigenvalue weighted by molar-refractivity contribution is 7.91. The first-order chi connectivity index (χ1) is 16.7.